The van der Waals surface area contributed by atoms with Crippen LogP contribution < -0.4 is 15.8 Å². The summed E-state index contributed by atoms with van der Waals surface area (Å²) in [5.41, 5.74) is 8.17. The minimum atomic E-state index is -0.228. The molecule has 1 unspecified atom stereocenters. The van der Waals surface area contributed by atoms with Crippen LogP contribution in [0, 0.1) is 19.3 Å². The molecule has 0 aliphatic heterocycles. The summed E-state index contributed by atoms with van der Waals surface area (Å²) in [4.78, 5) is 11.5. The van der Waals surface area contributed by atoms with Gasteiger partial charge in [0.25, 0.3) is 5.91 Å². The average molecular weight is 274 g/mol. The summed E-state index contributed by atoms with van der Waals surface area (Å²) in [6, 6.07) is 5.97. The Morgan fingerprint density at radius 1 is 1.55 bits per heavy atom. The normalized spacial score (nSPS) is 11.5. The molecule has 20 heavy (non-hydrogen) atoms. The maximum absolute atomic E-state index is 11.5. The van der Waals surface area contributed by atoms with Crippen LogP contribution in [0.5, 0.6) is 5.75 Å². The number of amides is 1. The van der Waals surface area contributed by atoms with E-state index in [0.717, 1.165) is 24.0 Å². The molecule has 0 aliphatic rings. The Morgan fingerprint density at radius 2 is 2.30 bits per heavy atom. The maximum atomic E-state index is 11.5. The van der Waals surface area contributed by atoms with Gasteiger partial charge < -0.3 is 15.8 Å². The predicted molar refractivity (Wildman–Crippen MR) is 80.5 cm³/mol. The fourth-order valence-electron chi connectivity index (χ4n) is 1.78. The zero-order valence-corrected chi connectivity index (χ0v) is 12.1. The van der Waals surface area contributed by atoms with Gasteiger partial charge in [0, 0.05) is 6.04 Å². The van der Waals surface area contributed by atoms with E-state index in [0.29, 0.717) is 5.75 Å². The van der Waals surface area contributed by atoms with Gasteiger partial charge in [0.05, 0.1) is 6.54 Å². The first-order chi connectivity index (χ1) is 9.56. The molecule has 3 N–H and O–H groups in total. The lowest BCUT2D eigenvalue weighted by atomic mass is 10.0. The molecule has 0 spiro atoms. The number of rotatable bonds is 7. The van der Waals surface area contributed by atoms with E-state index in [1.165, 1.54) is 0 Å². The Bertz CT molecular complexity index is 492. The smallest absolute Gasteiger partial charge is 0.258 e. The van der Waals surface area contributed by atoms with Gasteiger partial charge in [-0.2, -0.15) is 0 Å². The zero-order valence-electron chi connectivity index (χ0n) is 12.1. The topological polar surface area (TPSA) is 64.3 Å². The molecule has 0 bridgehead atoms. The Morgan fingerprint density at radius 3 is 2.95 bits per heavy atom. The van der Waals surface area contributed by atoms with Gasteiger partial charge in [-0.05, 0) is 31.4 Å². The van der Waals surface area contributed by atoms with Gasteiger partial charge >= 0.3 is 0 Å². The highest BCUT2D eigenvalue weighted by atomic mass is 16.5. The molecule has 1 aromatic carbocycles. The van der Waals surface area contributed by atoms with Crippen molar-refractivity contribution in [3.05, 3.63) is 29.3 Å². The molecule has 0 fully saturated rings. The van der Waals surface area contributed by atoms with E-state index < -0.39 is 0 Å². The minimum Gasteiger partial charge on any atom is -0.483 e. The van der Waals surface area contributed by atoms with E-state index in [-0.39, 0.29) is 25.1 Å². The van der Waals surface area contributed by atoms with Crippen molar-refractivity contribution in [1.82, 2.24) is 5.32 Å². The van der Waals surface area contributed by atoms with Crippen molar-refractivity contribution >= 4 is 5.91 Å². The Labute approximate surface area is 120 Å². The second-order valence-electron chi connectivity index (χ2n) is 4.75. The van der Waals surface area contributed by atoms with Crippen LogP contribution in [0.3, 0.4) is 0 Å². The molecule has 1 rings (SSSR count). The molecule has 1 atom stereocenters. The van der Waals surface area contributed by atoms with Crippen molar-refractivity contribution in [2.75, 3.05) is 13.2 Å². The lowest BCUT2D eigenvalue weighted by Gasteiger charge is -2.15. The lowest BCUT2D eigenvalue weighted by Crippen LogP contribution is -2.29. The van der Waals surface area contributed by atoms with Crippen LogP contribution in [0.15, 0.2) is 18.2 Å². The Kier molecular flexibility index (Phi) is 6.61. The lowest BCUT2D eigenvalue weighted by molar-refractivity contribution is -0.122. The highest BCUT2D eigenvalue weighted by Crippen LogP contribution is 2.21. The van der Waals surface area contributed by atoms with Crippen LogP contribution in [0.1, 0.15) is 24.5 Å². The van der Waals surface area contributed by atoms with Crippen LogP contribution in [-0.2, 0) is 11.2 Å². The molecular weight excluding hydrogens is 252 g/mol. The number of ether oxygens (including phenoxy) is 1. The number of carbonyl (C=O) groups is 1. The third-order valence-electron chi connectivity index (χ3n) is 2.97. The third kappa shape index (κ3) is 5.33. The van der Waals surface area contributed by atoms with Gasteiger partial charge in [0.15, 0.2) is 6.61 Å². The zero-order chi connectivity index (χ0) is 15.0. The number of aryl methyl sites for hydroxylation is 1. The van der Waals surface area contributed by atoms with Crippen LogP contribution in [0.25, 0.3) is 0 Å². The van der Waals surface area contributed by atoms with Gasteiger partial charge in [-0.3, -0.25) is 4.79 Å². The number of nitrogens with two attached hydrogens (primary N) is 1. The molecule has 4 nitrogen and oxygen atoms in total. The molecular formula is C16H22N2O2. The summed E-state index contributed by atoms with van der Waals surface area (Å²) in [6.45, 7) is 4.24. The Hall–Kier alpha value is -1.99. The van der Waals surface area contributed by atoms with Crippen molar-refractivity contribution < 1.29 is 9.53 Å². The second kappa shape index (κ2) is 8.23. The van der Waals surface area contributed by atoms with E-state index in [2.05, 4.69) is 11.2 Å². The van der Waals surface area contributed by atoms with Gasteiger partial charge in [0.1, 0.15) is 5.75 Å². The molecule has 0 heterocycles. The van der Waals surface area contributed by atoms with Gasteiger partial charge in [-0.15, -0.1) is 6.42 Å². The first kappa shape index (κ1) is 16.1. The van der Waals surface area contributed by atoms with Crippen LogP contribution in [0.2, 0.25) is 0 Å². The monoisotopic (exact) mass is 274 g/mol. The quantitative estimate of drug-likeness (QED) is 0.739. The maximum Gasteiger partial charge on any atom is 0.258 e. The molecule has 108 valence electrons. The summed E-state index contributed by atoms with van der Waals surface area (Å²) in [6.07, 6.45) is 6.71. The first-order valence-electron chi connectivity index (χ1n) is 6.74. The first-order valence-corrected chi connectivity index (χ1v) is 6.74. The fraction of sp³-hybridized carbons (Fsp3) is 0.438. The number of terminal acetylenes is 1. The largest absolute Gasteiger partial charge is 0.483 e. The van der Waals surface area contributed by atoms with E-state index in [1.807, 2.05) is 32.0 Å². The van der Waals surface area contributed by atoms with Crippen LogP contribution >= 0.6 is 0 Å². The van der Waals surface area contributed by atoms with Crippen molar-refractivity contribution in [3.8, 4) is 18.1 Å². The molecule has 0 aromatic heterocycles. The SMILES string of the molecule is C#CCNC(=O)COc1ccc(C)cc1CC(N)CC. The minimum absolute atomic E-state index is 0.0426. The van der Waals surface area contributed by atoms with E-state index in [4.69, 9.17) is 16.9 Å². The molecule has 4 heteroatoms. The Balaban J connectivity index is 2.69. The summed E-state index contributed by atoms with van der Waals surface area (Å²) in [5, 5.41) is 2.56. The summed E-state index contributed by atoms with van der Waals surface area (Å²) >= 11 is 0. The number of hydrogen-bond acceptors (Lipinski definition) is 3. The van der Waals surface area contributed by atoms with E-state index >= 15 is 0 Å². The number of nitrogens with one attached hydrogen (secondary N) is 1. The predicted octanol–water partition coefficient (Wildman–Crippen LogP) is 1.40. The number of benzene rings is 1. The van der Waals surface area contributed by atoms with Crippen molar-refractivity contribution in [3.63, 3.8) is 0 Å². The molecule has 0 radical (unpaired) electrons. The average Bonchev–Trinajstić information content (AvgIpc) is 2.44. The second-order valence-corrected chi connectivity index (χ2v) is 4.75. The van der Waals surface area contributed by atoms with Gasteiger partial charge in [-0.25, -0.2) is 0 Å². The summed E-state index contributed by atoms with van der Waals surface area (Å²) < 4.78 is 5.56. The molecule has 1 aromatic rings. The molecule has 0 saturated carbocycles. The van der Waals surface area contributed by atoms with E-state index in [9.17, 15) is 4.79 Å². The number of carbonyl (C=O) groups excluding carboxylic acids is 1. The fourth-order valence-corrected chi connectivity index (χ4v) is 1.78. The van der Waals surface area contributed by atoms with Crippen molar-refractivity contribution in [2.24, 2.45) is 5.73 Å². The molecule has 0 aliphatic carbocycles. The van der Waals surface area contributed by atoms with Gasteiger partial charge in [-0.1, -0.05) is 30.5 Å². The number of hydrogen-bond donors (Lipinski definition) is 2. The van der Waals surface area contributed by atoms with E-state index in [1.54, 1.807) is 0 Å². The third-order valence-corrected chi connectivity index (χ3v) is 2.97. The van der Waals surface area contributed by atoms with Crippen molar-refractivity contribution in [2.45, 2.75) is 32.7 Å². The van der Waals surface area contributed by atoms with Crippen LogP contribution in [-0.4, -0.2) is 25.1 Å². The standard InChI is InChI=1S/C16H22N2O2/c1-4-8-18-16(19)11-20-15-7-6-12(3)9-13(15)10-14(17)5-2/h1,6-7,9,14H,5,8,10-11,17H2,2-3H3,(H,18,19). The molecule has 1 amide bonds. The van der Waals surface area contributed by atoms with Gasteiger partial charge in [0.2, 0.25) is 0 Å². The highest BCUT2D eigenvalue weighted by molar-refractivity contribution is 5.77. The highest BCUT2D eigenvalue weighted by Gasteiger charge is 2.10. The summed E-state index contributed by atoms with van der Waals surface area (Å²) in [5.74, 6) is 2.82. The summed E-state index contributed by atoms with van der Waals surface area (Å²) in [7, 11) is 0. The van der Waals surface area contributed by atoms with Crippen molar-refractivity contribution in [1.29, 1.82) is 0 Å². The molecule has 0 saturated heterocycles. The van der Waals surface area contributed by atoms with Crippen LogP contribution in [0.4, 0.5) is 0 Å².